The van der Waals surface area contributed by atoms with E-state index in [2.05, 4.69) is 17.2 Å². The molecule has 0 aliphatic carbocycles. The van der Waals surface area contributed by atoms with E-state index in [0.29, 0.717) is 17.7 Å². The van der Waals surface area contributed by atoms with Gasteiger partial charge in [-0.3, -0.25) is 4.79 Å². The predicted octanol–water partition coefficient (Wildman–Crippen LogP) is 1.64. The summed E-state index contributed by atoms with van der Waals surface area (Å²) in [7, 11) is 0. The molecule has 1 heterocycles. The van der Waals surface area contributed by atoms with Crippen molar-refractivity contribution in [1.82, 2.24) is 5.32 Å². The summed E-state index contributed by atoms with van der Waals surface area (Å²) in [5, 5.41) is 11.9. The van der Waals surface area contributed by atoms with Gasteiger partial charge in [-0.2, -0.15) is 0 Å². The zero-order chi connectivity index (χ0) is 15.5. The van der Waals surface area contributed by atoms with Crippen molar-refractivity contribution in [1.29, 1.82) is 0 Å². The summed E-state index contributed by atoms with van der Waals surface area (Å²) in [6.07, 6.45) is 0.779. The van der Waals surface area contributed by atoms with E-state index in [1.165, 1.54) is 0 Å². The number of carbonyl (C=O) groups excluding carboxylic acids is 1. The van der Waals surface area contributed by atoms with Crippen LogP contribution in [0.3, 0.4) is 0 Å². The first kappa shape index (κ1) is 15.6. The molecule has 2 N–H and O–H groups in total. The molecule has 2 unspecified atom stereocenters. The number of hydrogen-bond acceptors (Lipinski definition) is 3. The van der Waals surface area contributed by atoms with Gasteiger partial charge in [0.15, 0.2) is 0 Å². The van der Waals surface area contributed by atoms with Crippen molar-refractivity contribution in [2.45, 2.75) is 38.8 Å². The number of nitrogens with one attached hydrogen (secondary N) is 1. The Morgan fingerprint density at radius 1 is 1.57 bits per heavy atom. The number of ether oxygens (including phenoxy) is 1. The molecule has 2 atom stereocenters. The van der Waals surface area contributed by atoms with Gasteiger partial charge in [0.1, 0.15) is 6.61 Å². The number of hydrogen-bond donors (Lipinski definition) is 2. The van der Waals surface area contributed by atoms with E-state index in [4.69, 9.17) is 9.84 Å². The quantitative estimate of drug-likeness (QED) is 0.813. The maximum atomic E-state index is 12.6. The minimum absolute atomic E-state index is 0.0155. The van der Waals surface area contributed by atoms with Crippen molar-refractivity contribution < 1.29 is 14.6 Å². The largest absolute Gasteiger partial charge is 0.384 e. The lowest BCUT2D eigenvalue weighted by atomic mass is 9.93. The summed E-state index contributed by atoms with van der Waals surface area (Å²) in [5.74, 6) is 5.27. The minimum Gasteiger partial charge on any atom is -0.384 e. The Kier molecular flexibility index (Phi) is 4.66. The van der Waals surface area contributed by atoms with Crippen LogP contribution in [0.4, 0.5) is 0 Å². The highest BCUT2D eigenvalue weighted by Gasteiger charge is 2.38. The fraction of sp³-hybridized carbons (Fsp3) is 0.471. The van der Waals surface area contributed by atoms with Crippen molar-refractivity contribution in [2.75, 3.05) is 13.2 Å². The number of carbonyl (C=O) groups is 1. The zero-order valence-electron chi connectivity index (χ0n) is 12.7. The van der Waals surface area contributed by atoms with Gasteiger partial charge in [0.25, 0.3) is 5.91 Å². The normalized spacial score (nSPS) is 24.3. The lowest BCUT2D eigenvalue weighted by Crippen LogP contribution is -2.50. The molecule has 1 aliphatic heterocycles. The maximum Gasteiger partial charge on any atom is 0.253 e. The van der Waals surface area contributed by atoms with E-state index >= 15 is 0 Å². The SMILES string of the molecule is Cc1ccc(C#CCO)c(C(=O)NC2(C)CCOC2C)c1. The summed E-state index contributed by atoms with van der Waals surface area (Å²) in [4.78, 5) is 12.6. The van der Waals surface area contributed by atoms with Gasteiger partial charge in [0, 0.05) is 12.2 Å². The van der Waals surface area contributed by atoms with E-state index in [1.54, 1.807) is 0 Å². The molecule has 0 bridgehead atoms. The Morgan fingerprint density at radius 3 is 2.95 bits per heavy atom. The van der Waals surface area contributed by atoms with E-state index < -0.39 is 0 Å². The number of amides is 1. The average Bonchev–Trinajstić information content (AvgIpc) is 2.77. The first-order chi connectivity index (χ1) is 9.96. The monoisotopic (exact) mass is 287 g/mol. The van der Waals surface area contributed by atoms with Crippen molar-refractivity contribution in [2.24, 2.45) is 0 Å². The zero-order valence-corrected chi connectivity index (χ0v) is 12.7. The summed E-state index contributed by atoms with van der Waals surface area (Å²) < 4.78 is 5.55. The number of rotatable bonds is 2. The van der Waals surface area contributed by atoms with Crippen LogP contribution < -0.4 is 5.32 Å². The second kappa shape index (κ2) is 6.30. The van der Waals surface area contributed by atoms with E-state index in [-0.39, 0.29) is 24.2 Å². The first-order valence-corrected chi connectivity index (χ1v) is 7.11. The van der Waals surface area contributed by atoms with Gasteiger partial charge in [-0.1, -0.05) is 23.5 Å². The molecule has 112 valence electrons. The molecule has 0 saturated carbocycles. The van der Waals surface area contributed by atoms with Crippen LogP contribution in [0.25, 0.3) is 0 Å². The topological polar surface area (TPSA) is 58.6 Å². The predicted molar refractivity (Wildman–Crippen MR) is 81.0 cm³/mol. The summed E-state index contributed by atoms with van der Waals surface area (Å²) in [5.41, 5.74) is 1.80. The third-order valence-corrected chi connectivity index (χ3v) is 4.01. The van der Waals surface area contributed by atoms with Gasteiger partial charge in [-0.05, 0) is 39.3 Å². The van der Waals surface area contributed by atoms with Crippen molar-refractivity contribution >= 4 is 5.91 Å². The van der Waals surface area contributed by atoms with Gasteiger partial charge in [-0.15, -0.1) is 0 Å². The van der Waals surface area contributed by atoms with Gasteiger partial charge in [0.05, 0.1) is 17.2 Å². The van der Waals surface area contributed by atoms with Crippen LogP contribution in [0.15, 0.2) is 18.2 Å². The lowest BCUT2D eigenvalue weighted by molar-refractivity contribution is 0.0727. The van der Waals surface area contributed by atoms with E-state index in [9.17, 15) is 4.79 Å². The van der Waals surface area contributed by atoms with Crippen LogP contribution in [0, 0.1) is 18.8 Å². The highest BCUT2D eigenvalue weighted by Crippen LogP contribution is 2.26. The molecule has 1 saturated heterocycles. The molecule has 21 heavy (non-hydrogen) atoms. The molecule has 4 heteroatoms. The molecule has 1 aliphatic rings. The molecule has 0 radical (unpaired) electrons. The average molecular weight is 287 g/mol. The van der Waals surface area contributed by atoms with Gasteiger partial charge >= 0.3 is 0 Å². The van der Waals surface area contributed by atoms with Crippen molar-refractivity contribution in [3.05, 3.63) is 34.9 Å². The smallest absolute Gasteiger partial charge is 0.253 e. The Hall–Kier alpha value is -1.83. The molecule has 1 aromatic rings. The number of aliphatic hydroxyl groups excluding tert-OH is 1. The van der Waals surface area contributed by atoms with Crippen LogP contribution in [-0.4, -0.2) is 35.9 Å². The maximum absolute atomic E-state index is 12.6. The Labute approximate surface area is 125 Å². The molecular weight excluding hydrogens is 266 g/mol. The fourth-order valence-electron chi connectivity index (χ4n) is 2.42. The van der Waals surface area contributed by atoms with Crippen LogP contribution in [0.2, 0.25) is 0 Å². The second-order valence-corrected chi connectivity index (χ2v) is 5.64. The second-order valence-electron chi connectivity index (χ2n) is 5.64. The van der Waals surface area contributed by atoms with Gasteiger partial charge in [-0.25, -0.2) is 0 Å². The van der Waals surface area contributed by atoms with E-state index in [1.807, 2.05) is 39.0 Å². The molecule has 1 aromatic carbocycles. The third kappa shape index (κ3) is 3.44. The first-order valence-electron chi connectivity index (χ1n) is 7.11. The van der Waals surface area contributed by atoms with Crippen LogP contribution in [-0.2, 0) is 4.74 Å². The number of aliphatic hydroxyl groups is 1. The van der Waals surface area contributed by atoms with Crippen LogP contribution in [0.1, 0.15) is 41.8 Å². The van der Waals surface area contributed by atoms with Gasteiger partial charge in [0.2, 0.25) is 0 Å². The summed E-state index contributed by atoms with van der Waals surface area (Å²) in [6, 6.07) is 5.53. The molecule has 1 fully saturated rings. The highest BCUT2D eigenvalue weighted by atomic mass is 16.5. The number of benzene rings is 1. The summed E-state index contributed by atoms with van der Waals surface area (Å²) in [6.45, 7) is 6.33. The Morgan fingerprint density at radius 2 is 2.33 bits per heavy atom. The standard InChI is InChI=1S/C17H21NO3/c1-12-6-7-14(5-4-9-19)15(11-12)16(20)18-17(3)8-10-21-13(17)2/h6-7,11,13,19H,8-10H2,1-3H3,(H,18,20). The van der Waals surface area contributed by atoms with Crippen LogP contribution in [0.5, 0.6) is 0 Å². The molecular formula is C17H21NO3. The highest BCUT2D eigenvalue weighted by molar-refractivity contribution is 5.97. The Bertz CT molecular complexity index is 600. The lowest BCUT2D eigenvalue weighted by Gasteiger charge is -2.29. The molecule has 2 rings (SSSR count). The molecule has 0 spiro atoms. The number of aryl methyl sites for hydroxylation is 1. The minimum atomic E-state index is -0.359. The van der Waals surface area contributed by atoms with Gasteiger partial charge < -0.3 is 15.2 Å². The van der Waals surface area contributed by atoms with Crippen molar-refractivity contribution in [3.8, 4) is 11.8 Å². The van der Waals surface area contributed by atoms with Crippen molar-refractivity contribution in [3.63, 3.8) is 0 Å². The van der Waals surface area contributed by atoms with Crippen LogP contribution >= 0.6 is 0 Å². The third-order valence-electron chi connectivity index (χ3n) is 4.01. The van der Waals surface area contributed by atoms with E-state index in [0.717, 1.165) is 12.0 Å². The molecule has 1 amide bonds. The fourth-order valence-corrected chi connectivity index (χ4v) is 2.42. The summed E-state index contributed by atoms with van der Waals surface area (Å²) >= 11 is 0. The molecule has 4 nitrogen and oxygen atoms in total. The Balaban J connectivity index is 2.28. The molecule has 0 aromatic heterocycles.